The van der Waals surface area contributed by atoms with E-state index in [9.17, 15) is 34.3 Å². The second kappa shape index (κ2) is 10.4. The smallest absolute Gasteiger partial charge is 0.488 e. The Hall–Kier alpha value is -4.74. The van der Waals surface area contributed by atoms with Crippen molar-refractivity contribution in [2.75, 3.05) is 16.9 Å². The Kier molecular flexibility index (Phi) is 6.72. The van der Waals surface area contributed by atoms with Crippen LogP contribution in [-0.4, -0.2) is 53.0 Å². The molecule has 2 aliphatic heterocycles. The summed E-state index contributed by atoms with van der Waals surface area (Å²) in [5.41, 5.74) is 0.651. The molecule has 0 aromatic heterocycles. The van der Waals surface area contributed by atoms with Gasteiger partial charge in [0.05, 0.1) is 41.7 Å². The van der Waals surface area contributed by atoms with Crippen LogP contribution in [0, 0.1) is 29.1 Å². The van der Waals surface area contributed by atoms with Crippen molar-refractivity contribution in [2.45, 2.75) is 25.7 Å². The molecule has 3 aromatic carbocycles. The maximum Gasteiger partial charge on any atom is 0.488 e. The maximum absolute atomic E-state index is 14.5. The molecule has 45 heavy (non-hydrogen) atoms. The number of allylic oxidation sites excluding steroid dienone is 2. The van der Waals surface area contributed by atoms with Crippen LogP contribution in [0.3, 0.4) is 0 Å². The van der Waals surface area contributed by atoms with E-state index in [0.29, 0.717) is 11.3 Å². The summed E-state index contributed by atoms with van der Waals surface area (Å²) in [4.78, 5) is 59.0. The average Bonchev–Trinajstić information content (AvgIpc) is 3.41. The summed E-state index contributed by atoms with van der Waals surface area (Å²) in [6, 6.07) is 19.7. The lowest BCUT2D eigenvalue weighted by Gasteiger charge is -2.49. The lowest BCUT2D eigenvalue weighted by atomic mass is 9.51. The average molecular weight is 606 g/mol. The lowest BCUT2D eigenvalue weighted by Crippen LogP contribution is -2.49. The van der Waals surface area contributed by atoms with E-state index >= 15 is 0 Å². The standard InChI is InChI=1S/C34H31BN2O8/c1-34-25(31(40)37(33(34)42)19-9-4-3-5-10-19)17-24-21(28(34)23-12-7-13-26(45-2)29(23)38)14-15-22-27(24)32(41)36(30(22)39)20-11-6-8-18(16-20)35(43)44/h3-14,16,22,24-25,27-28,38,43-44H,15,17H2,1-2H3/t22-,24+,25-,27-,28+,34+/m0/s1. The number of carbonyl (C=O) groups is 4. The van der Waals surface area contributed by atoms with Crippen LogP contribution in [0.5, 0.6) is 11.5 Å². The van der Waals surface area contributed by atoms with Crippen LogP contribution in [0.1, 0.15) is 31.2 Å². The zero-order valence-corrected chi connectivity index (χ0v) is 24.7. The molecule has 10 nitrogen and oxygen atoms in total. The van der Waals surface area contributed by atoms with Gasteiger partial charge in [-0.1, -0.05) is 54.1 Å². The number of anilines is 2. The summed E-state index contributed by atoms with van der Waals surface area (Å²) in [5, 5.41) is 30.8. The number of phenolic OH excluding ortho intramolecular Hbond substituents is 1. The number of nitrogens with zero attached hydrogens (tertiary/aromatic N) is 2. The Labute approximate surface area is 259 Å². The summed E-state index contributed by atoms with van der Waals surface area (Å²) in [6.45, 7) is 1.76. The van der Waals surface area contributed by atoms with Crippen LogP contribution in [0.15, 0.2) is 84.4 Å². The molecule has 1 saturated carbocycles. The minimum atomic E-state index is -1.78. The van der Waals surface area contributed by atoms with Gasteiger partial charge in [-0.2, -0.15) is 0 Å². The van der Waals surface area contributed by atoms with Crippen LogP contribution in [0.4, 0.5) is 11.4 Å². The summed E-state index contributed by atoms with van der Waals surface area (Å²) < 4.78 is 5.41. The first-order chi connectivity index (χ1) is 21.6. The molecule has 3 fully saturated rings. The fraction of sp³-hybridized carbons (Fsp3) is 0.294. The second-order valence-electron chi connectivity index (χ2n) is 12.4. The normalized spacial score (nSPS) is 28.9. The molecule has 0 radical (unpaired) electrons. The van der Waals surface area contributed by atoms with Crippen molar-refractivity contribution in [3.63, 3.8) is 0 Å². The van der Waals surface area contributed by atoms with E-state index in [1.165, 1.54) is 24.1 Å². The van der Waals surface area contributed by atoms with Gasteiger partial charge < -0.3 is 19.9 Å². The van der Waals surface area contributed by atoms with E-state index in [4.69, 9.17) is 4.74 Å². The van der Waals surface area contributed by atoms with Crippen molar-refractivity contribution in [3.05, 3.63) is 90.0 Å². The van der Waals surface area contributed by atoms with Gasteiger partial charge in [0.1, 0.15) is 0 Å². The van der Waals surface area contributed by atoms with Crippen molar-refractivity contribution in [1.29, 1.82) is 0 Å². The summed E-state index contributed by atoms with van der Waals surface area (Å²) in [5.74, 6) is -5.28. The number of benzene rings is 3. The van der Waals surface area contributed by atoms with Crippen molar-refractivity contribution in [2.24, 2.45) is 29.1 Å². The van der Waals surface area contributed by atoms with Crippen molar-refractivity contribution >= 4 is 47.6 Å². The van der Waals surface area contributed by atoms with E-state index < -0.39 is 59.8 Å². The van der Waals surface area contributed by atoms with Gasteiger partial charge in [-0.05, 0) is 61.5 Å². The number of imide groups is 2. The van der Waals surface area contributed by atoms with E-state index in [1.807, 2.05) is 6.08 Å². The summed E-state index contributed by atoms with van der Waals surface area (Å²) in [6.07, 6.45) is 2.30. The third kappa shape index (κ3) is 4.03. The number of fused-ring (bicyclic) bond motifs is 4. The highest BCUT2D eigenvalue weighted by Crippen LogP contribution is 2.64. The van der Waals surface area contributed by atoms with Gasteiger partial charge in [0, 0.05) is 11.5 Å². The molecule has 2 aliphatic carbocycles. The summed E-state index contributed by atoms with van der Waals surface area (Å²) in [7, 11) is -0.347. The monoisotopic (exact) mass is 606 g/mol. The van der Waals surface area contributed by atoms with Crippen LogP contribution >= 0.6 is 0 Å². The molecule has 4 amide bonds. The minimum absolute atomic E-state index is 0.139. The molecule has 4 aliphatic rings. The SMILES string of the molecule is COc1cccc([C@H]2C3=CC[C@@H]4C(=O)N(c5cccc(B(O)O)c5)C(=O)[C@@H]4[C@@H]3C[C@H]3C(=O)N(c4ccccc4)C(=O)[C@@]23C)c1O. The van der Waals surface area contributed by atoms with Crippen molar-refractivity contribution in [3.8, 4) is 11.5 Å². The van der Waals surface area contributed by atoms with Gasteiger partial charge in [0.25, 0.3) is 0 Å². The molecular formula is C34H31BN2O8. The second-order valence-corrected chi connectivity index (χ2v) is 12.4. The molecule has 228 valence electrons. The first-order valence-corrected chi connectivity index (χ1v) is 14.9. The molecular weight excluding hydrogens is 575 g/mol. The van der Waals surface area contributed by atoms with Gasteiger partial charge in [0.2, 0.25) is 23.6 Å². The Morgan fingerprint density at radius 1 is 0.844 bits per heavy atom. The highest BCUT2D eigenvalue weighted by atomic mass is 16.5. The predicted octanol–water partition coefficient (Wildman–Crippen LogP) is 2.52. The van der Waals surface area contributed by atoms with Crippen LogP contribution in [0.2, 0.25) is 0 Å². The third-order valence-electron chi connectivity index (χ3n) is 10.3. The number of methoxy groups -OCH3 is 1. The van der Waals surface area contributed by atoms with Crippen LogP contribution < -0.4 is 20.0 Å². The first-order valence-electron chi connectivity index (χ1n) is 14.9. The van der Waals surface area contributed by atoms with Gasteiger partial charge in [0.15, 0.2) is 11.5 Å². The molecule has 3 N–H and O–H groups in total. The number of amides is 4. The predicted molar refractivity (Wildman–Crippen MR) is 164 cm³/mol. The molecule has 0 unspecified atom stereocenters. The summed E-state index contributed by atoms with van der Waals surface area (Å²) >= 11 is 0. The highest BCUT2D eigenvalue weighted by molar-refractivity contribution is 6.58. The molecule has 11 heteroatoms. The molecule has 6 atom stereocenters. The zero-order valence-electron chi connectivity index (χ0n) is 24.7. The third-order valence-corrected chi connectivity index (χ3v) is 10.3. The molecule has 2 heterocycles. The lowest BCUT2D eigenvalue weighted by molar-refractivity contribution is -0.131. The van der Waals surface area contributed by atoms with Gasteiger partial charge in [-0.25, -0.2) is 4.90 Å². The van der Waals surface area contributed by atoms with Gasteiger partial charge in [-0.15, -0.1) is 0 Å². The highest BCUT2D eigenvalue weighted by Gasteiger charge is 2.68. The number of phenols is 1. The van der Waals surface area contributed by atoms with E-state index in [-0.39, 0.29) is 41.4 Å². The Morgan fingerprint density at radius 3 is 2.27 bits per heavy atom. The molecule has 0 bridgehead atoms. The maximum atomic E-state index is 14.5. The minimum Gasteiger partial charge on any atom is -0.504 e. The quantitative estimate of drug-likeness (QED) is 0.228. The topological polar surface area (TPSA) is 145 Å². The number of ether oxygens (including phenoxy) is 1. The molecule has 0 spiro atoms. The van der Waals surface area contributed by atoms with E-state index in [2.05, 4.69) is 0 Å². The largest absolute Gasteiger partial charge is 0.504 e. The van der Waals surface area contributed by atoms with E-state index in [1.54, 1.807) is 67.6 Å². The Balaban J connectivity index is 1.37. The van der Waals surface area contributed by atoms with Crippen LogP contribution in [0.25, 0.3) is 0 Å². The number of hydrogen-bond acceptors (Lipinski definition) is 8. The zero-order chi connectivity index (χ0) is 31.8. The molecule has 7 rings (SSSR count). The molecule has 2 saturated heterocycles. The van der Waals surface area contributed by atoms with Gasteiger partial charge >= 0.3 is 7.12 Å². The fourth-order valence-corrected chi connectivity index (χ4v) is 8.20. The number of aromatic hydroxyl groups is 1. The number of rotatable bonds is 5. The number of carbonyl (C=O) groups excluding carboxylic acids is 4. The van der Waals surface area contributed by atoms with E-state index in [0.717, 1.165) is 10.5 Å². The van der Waals surface area contributed by atoms with Gasteiger partial charge in [-0.3, -0.25) is 24.1 Å². The van der Waals surface area contributed by atoms with Crippen LogP contribution in [-0.2, 0) is 19.2 Å². The Morgan fingerprint density at radius 2 is 1.56 bits per heavy atom. The van der Waals surface area contributed by atoms with Crippen molar-refractivity contribution < 1.29 is 39.1 Å². The Bertz CT molecular complexity index is 1790. The molecule has 3 aromatic rings. The first kappa shape index (κ1) is 29.0. The number of para-hydroxylation sites is 2. The fourth-order valence-electron chi connectivity index (χ4n) is 8.20. The van der Waals surface area contributed by atoms with Crippen molar-refractivity contribution in [1.82, 2.24) is 0 Å². The number of hydrogen-bond donors (Lipinski definition) is 3.